The van der Waals surface area contributed by atoms with E-state index in [-0.39, 0.29) is 5.69 Å². The first-order valence-corrected chi connectivity index (χ1v) is 7.74. The number of carboxylic acids is 1. The second kappa shape index (κ2) is 5.40. The Hall–Kier alpha value is -1.24. The van der Waals surface area contributed by atoms with Crippen LogP contribution < -0.4 is 0 Å². The predicted octanol–water partition coefficient (Wildman–Crippen LogP) is -0.358. The molecule has 1 aliphatic heterocycles. The minimum absolute atomic E-state index is 0.0247. The van der Waals surface area contributed by atoms with Gasteiger partial charge in [-0.1, -0.05) is 18.2 Å². The molecule has 0 spiro atoms. The van der Waals surface area contributed by atoms with Gasteiger partial charge >= 0.3 is 5.97 Å². The minimum Gasteiger partial charge on any atom is -0.478 e. The van der Waals surface area contributed by atoms with Crippen LogP contribution in [0.3, 0.4) is 0 Å². The Kier molecular flexibility index (Phi) is 3.90. The molecule has 23 heavy (non-hydrogen) atoms. The molecule has 0 saturated carbocycles. The SMILES string of the molecule is O=C(O)[C@@]1(I)O[C@@H](O)[C@H](O)[C@](O)(c2cc3ccccc3[nH]2)[C@@H]1O. The van der Waals surface area contributed by atoms with Gasteiger partial charge in [0.05, 0.1) is 5.69 Å². The fraction of sp³-hybridized carbons (Fsp3) is 0.357. The number of hydrogen-bond acceptors (Lipinski definition) is 6. The van der Waals surface area contributed by atoms with Gasteiger partial charge in [-0.2, -0.15) is 0 Å². The number of aromatic amines is 1. The molecule has 6 N–H and O–H groups in total. The van der Waals surface area contributed by atoms with Crippen LogP contribution in [0.15, 0.2) is 30.3 Å². The molecule has 0 unspecified atom stereocenters. The average molecular weight is 435 g/mol. The van der Waals surface area contributed by atoms with Crippen LogP contribution in [0.1, 0.15) is 5.69 Å². The molecule has 1 fully saturated rings. The summed E-state index contributed by atoms with van der Waals surface area (Å²) in [6.45, 7) is 0. The molecule has 0 bridgehead atoms. The number of ether oxygens (including phenoxy) is 1. The van der Waals surface area contributed by atoms with Crippen molar-refractivity contribution >= 4 is 39.5 Å². The van der Waals surface area contributed by atoms with Gasteiger partial charge in [-0.15, -0.1) is 0 Å². The van der Waals surface area contributed by atoms with Crippen LogP contribution in [0.5, 0.6) is 0 Å². The number of alkyl halides is 1. The third kappa shape index (κ3) is 2.27. The van der Waals surface area contributed by atoms with Gasteiger partial charge in [-0.3, -0.25) is 0 Å². The summed E-state index contributed by atoms with van der Waals surface area (Å²) >= 11 is 1.28. The van der Waals surface area contributed by atoms with Gasteiger partial charge in [-0.25, -0.2) is 4.79 Å². The van der Waals surface area contributed by atoms with Crippen LogP contribution in [-0.2, 0) is 15.1 Å². The van der Waals surface area contributed by atoms with Crippen molar-refractivity contribution in [1.29, 1.82) is 0 Å². The number of aliphatic hydroxyl groups is 4. The molecule has 124 valence electrons. The van der Waals surface area contributed by atoms with E-state index in [2.05, 4.69) is 4.98 Å². The average Bonchev–Trinajstić information content (AvgIpc) is 2.95. The molecule has 8 nitrogen and oxygen atoms in total. The summed E-state index contributed by atoms with van der Waals surface area (Å²) in [5.74, 6) is -1.59. The maximum Gasteiger partial charge on any atom is 0.349 e. The Morgan fingerprint density at radius 3 is 2.52 bits per heavy atom. The van der Waals surface area contributed by atoms with Gasteiger partial charge < -0.3 is 35.3 Å². The fourth-order valence-corrected chi connectivity index (χ4v) is 3.47. The smallest absolute Gasteiger partial charge is 0.349 e. The first kappa shape index (κ1) is 16.6. The van der Waals surface area contributed by atoms with Gasteiger partial charge in [0.2, 0.25) is 3.61 Å². The monoisotopic (exact) mass is 435 g/mol. The molecule has 1 aliphatic rings. The molecule has 0 aliphatic carbocycles. The highest BCUT2D eigenvalue weighted by atomic mass is 127. The van der Waals surface area contributed by atoms with Crippen molar-refractivity contribution in [2.24, 2.45) is 0 Å². The fourth-order valence-electron chi connectivity index (χ4n) is 2.73. The summed E-state index contributed by atoms with van der Waals surface area (Å²) in [6.07, 6.45) is -5.99. The maximum absolute atomic E-state index is 11.4. The van der Waals surface area contributed by atoms with Crippen molar-refractivity contribution in [3.8, 4) is 0 Å². The number of aromatic nitrogens is 1. The number of benzene rings is 1. The van der Waals surface area contributed by atoms with Crippen LogP contribution in [-0.4, -0.2) is 58.6 Å². The first-order valence-electron chi connectivity index (χ1n) is 6.66. The van der Waals surface area contributed by atoms with Gasteiger partial charge in [0.15, 0.2) is 11.9 Å². The number of rotatable bonds is 2. The first-order chi connectivity index (χ1) is 10.7. The Bertz CT molecular complexity index is 731. The number of carbonyl (C=O) groups is 1. The molecule has 2 aromatic rings. The summed E-state index contributed by atoms with van der Waals surface area (Å²) in [5, 5.41) is 51.3. The van der Waals surface area contributed by atoms with E-state index in [1.54, 1.807) is 24.3 Å². The molecule has 0 radical (unpaired) electrons. The second-order valence-corrected chi connectivity index (χ2v) is 7.00. The van der Waals surface area contributed by atoms with Crippen LogP contribution in [0.4, 0.5) is 0 Å². The van der Waals surface area contributed by atoms with Crippen molar-refractivity contribution < 1.29 is 35.1 Å². The number of aliphatic hydroxyl groups excluding tert-OH is 3. The summed E-state index contributed by atoms with van der Waals surface area (Å²) in [6, 6.07) is 8.43. The molecule has 1 aromatic carbocycles. The lowest BCUT2D eigenvalue weighted by Crippen LogP contribution is -2.70. The van der Waals surface area contributed by atoms with Crippen molar-refractivity contribution in [3.63, 3.8) is 0 Å². The number of aliphatic carboxylic acids is 1. The van der Waals surface area contributed by atoms with E-state index in [0.29, 0.717) is 10.9 Å². The van der Waals surface area contributed by atoms with Crippen LogP contribution in [0.2, 0.25) is 0 Å². The normalized spacial score (nSPS) is 37.9. The second-order valence-electron chi connectivity index (χ2n) is 5.40. The molecule has 5 atom stereocenters. The third-order valence-corrected chi connectivity index (χ3v) is 5.34. The van der Waals surface area contributed by atoms with E-state index in [0.717, 1.165) is 0 Å². The predicted molar refractivity (Wildman–Crippen MR) is 85.7 cm³/mol. The van der Waals surface area contributed by atoms with Crippen LogP contribution in [0, 0.1) is 0 Å². The molecule has 2 heterocycles. The van der Waals surface area contributed by atoms with E-state index in [1.807, 2.05) is 0 Å². The molecule has 9 heteroatoms. The standard InChI is InChI=1S/C14H14INO7/c15-14(12(20)21)11(19)13(22,9(17)10(18)23-14)8-5-6-3-1-2-4-7(6)16-8/h1-5,9-11,16-19,22H,(H,20,21)/t9-,10+,11-,13+,14-/m0/s1. The summed E-state index contributed by atoms with van der Waals surface area (Å²) in [5.41, 5.74) is -1.87. The van der Waals surface area contributed by atoms with Crippen LogP contribution in [0.25, 0.3) is 10.9 Å². The van der Waals surface area contributed by atoms with Crippen molar-refractivity contribution in [1.82, 2.24) is 4.98 Å². The molecular weight excluding hydrogens is 421 g/mol. The summed E-state index contributed by atoms with van der Waals surface area (Å²) in [7, 11) is 0. The topological polar surface area (TPSA) is 143 Å². The van der Waals surface area contributed by atoms with E-state index in [1.165, 1.54) is 28.7 Å². The minimum atomic E-state index is -2.46. The lowest BCUT2D eigenvalue weighted by atomic mass is 9.81. The molecule has 1 saturated heterocycles. The zero-order valence-electron chi connectivity index (χ0n) is 11.5. The number of H-pyrrole nitrogens is 1. The highest BCUT2D eigenvalue weighted by Gasteiger charge is 2.65. The van der Waals surface area contributed by atoms with E-state index in [9.17, 15) is 30.3 Å². The number of para-hydroxylation sites is 1. The van der Waals surface area contributed by atoms with Gasteiger partial charge in [0.1, 0.15) is 12.2 Å². The number of halogens is 1. The Labute approximate surface area is 143 Å². The number of nitrogens with one attached hydrogen (secondary N) is 1. The number of carboxylic acid groups (broad SMARTS) is 1. The number of fused-ring (bicyclic) bond motifs is 1. The lowest BCUT2D eigenvalue weighted by Gasteiger charge is -2.48. The summed E-state index contributed by atoms with van der Waals surface area (Å²) in [4.78, 5) is 14.3. The third-order valence-electron chi connectivity index (χ3n) is 4.03. The van der Waals surface area contributed by atoms with Crippen molar-refractivity contribution in [2.75, 3.05) is 0 Å². The highest BCUT2D eigenvalue weighted by molar-refractivity contribution is 14.1. The van der Waals surface area contributed by atoms with Gasteiger partial charge in [0.25, 0.3) is 0 Å². The quantitative estimate of drug-likeness (QED) is 0.280. The Balaban J connectivity index is 2.17. The molecule has 0 amide bonds. The zero-order chi connectivity index (χ0) is 17.0. The molecular formula is C14H14INO7. The van der Waals surface area contributed by atoms with Gasteiger partial charge in [0, 0.05) is 5.52 Å². The van der Waals surface area contributed by atoms with E-state index in [4.69, 9.17) is 4.74 Å². The Morgan fingerprint density at radius 1 is 1.26 bits per heavy atom. The van der Waals surface area contributed by atoms with Crippen LogP contribution >= 0.6 is 22.6 Å². The van der Waals surface area contributed by atoms with Crippen molar-refractivity contribution in [3.05, 3.63) is 36.0 Å². The van der Waals surface area contributed by atoms with Gasteiger partial charge in [-0.05, 0) is 40.1 Å². The maximum atomic E-state index is 11.4. The highest BCUT2D eigenvalue weighted by Crippen LogP contribution is 2.45. The zero-order valence-corrected chi connectivity index (χ0v) is 13.7. The Morgan fingerprint density at radius 2 is 1.91 bits per heavy atom. The largest absolute Gasteiger partial charge is 0.478 e. The van der Waals surface area contributed by atoms with Crippen molar-refractivity contribution in [2.45, 2.75) is 27.7 Å². The summed E-state index contributed by atoms with van der Waals surface area (Å²) < 4.78 is 2.49. The molecule has 1 aromatic heterocycles. The van der Waals surface area contributed by atoms with E-state index < -0.39 is 33.7 Å². The van der Waals surface area contributed by atoms with E-state index >= 15 is 0 Å². The lowest BCUT2D eigenvalue weighted by molar-refractivity contribution is -0.324. The number of hydrogen-bond donors (Lipinski definition) is 6. The molecule has 3 rings (SSSR count).